The molecule has 5 nitrogen and oxygen atoms in total. The molecule has 0 amide bonds. The van der Waals surface area contributed by atoms with Gasteiger partial charge in [-0.05, 0) is 79.4 Å². The van der Waals surface area contributed by atoms with Gasteiger partial charge in [-0.2, -0.15) is 9.97 Å². The van der Waals surface area contributed by atoms with Crippen LogP contribution < -0.4 is 4.90 Å². The molecule has 0 unspecified atom stereocenters. The fourth-order valence-electron chi connectivity index (χ4n) is 8.57. The van der Waals surface area contributed by atoms with Gasteiger partial charge in [0.05, 0.1) is 11.0 Å². The molecule has 5 heteroatoms. The Balaban J connectivity index is 1.32. The van der Waals surface area contributed by atoms with Crippen molar-refractivity contribution in [1.29, 1.82) is 0 Å². The first-order chi connectivity index (χ1) is 27.2. The van der Waals surface area contributed by atoms with Crippen LogP contribution in [0.5, 0.6) is 0 Å². The van der Waals surface area contributed by atoms with Crippen molar-refractivity contribution >= 4 is 38.9 Å². The van der Waals surface area contributed by atoms with Gasteiger partial charge in [0.25, 0.3) is 0 Å². The summed E-state index contributed by atoms with van der Waals surface area (Å²) in [5.41, 5.74) is 15.8. The predicted molar refractivity (Wildman–Crippen MR) is 231 cm³/mol. The summed E-state index contributed by atoms with van der Waals surface area (Å²) in [5, 5.41) is 2.31. The number of benzene rings is 7. The molecule has 0 fully saturated rings. The number of hydrogen-bond donors (Lipinski definition) is 0. The van der Waals surface area contributed by atoms with Crippen molar-refractivity contribution in [2.24, 2.45) is 0 Å². The molecule has 0 spiro atoms. The minimum Gasteiger partial charge on any atom is -0.310 e. The van der Waals surface area contributed by atoms with E-state index in [1.165, 1.54) is 44.3 Å². The number of nitrogens with zero attached hydrogens (tertiary/aromatic N) is 5. The summed E-state index contributed by atoms with van der Waals surface area (Å²) >= 11 is 0. The summed E-state index contributed by atoms with van der Waals surface area (Å²) < 4.78 is 2.32. The molecule has 2 heterocycles. The summed E-state index contributed by atoms with van der Waals surface area (Å²) in [7, 11) is 0. The van der Waals surface area contributed by atoms with Gasteiger partial charge in [0.2, 0.25) is 5.95 Å². The minimum absolute atomic E-state index is 0.279. The molecular formula is C51H41N5. The number of fused-ring (bicyclic) bond motifs is 7. The van der Waals surface area contributed by atoms with Gasteiger partial charge in [-0.25, -0.2) is 4.98 Å². The van der Waals surface area contributed by atoms with Crippen LogP contribution in [0.3, 0.4) is 0 Å². The Morgan fingerprint density at radius 3 is 1.59 bits per heavy atom. The lowest BCUT2D eigenvalue weighted by atomic mass is 9.81. The van der Waals surface area contributed by atoms with Gasteiger partial charge >= 0.3 is 0 Å². The van der Waals surface area contributed by atoms with Gasteiger partial charge in [-0.15, -0.1) is 0 Å². The van der Waals surface area contributed by atoms with E-state index in [0.29, 0.717) is 17.6 Å². The highest BCUT2D eigenvalue weighted by Crippen LogP contribution is 2.53. The Bertz CT molecular complexity index is 2840. The molecule has 0 aliphatic heterocycles. The molecule has 56 heavy (non-hydrogen) atoms. The van der Waals surface area contributed by atoms with Crippen LogP contribution in [0.4, 0.5) is 17.1 Å². The molecule has 0 bridgehead atoms. The highest BCUT2D eigenvalue weighted by molar-refractivity contribution is 6.13. The molecule has 0 saturated heterocycles. The first-order valence-electron chi connectivity index (χ1n) is 19.3. The van der Waals surface area contributed by atoms with Crippen molar-refractivity contribution in [3.05, 3.63) is 186 Å². The molecule has 0 saturated carbocycles. The zero-order chi connectivity index (χ0) is 38.1. The third kappa shape index (κ3) is 5.42. The van der Waals surface area contributed by atoms with Gasteiger partial charge in [0, 0.05) is 44.4 Å². The van der Waals surface area contributed by atoms with E-state index in [2.05, 4.69) is 165 Å². The second kappa shape index (κ2) is 12.9. The summed E-state index contributed by atoms with van der Waals surface area (Å²) in [5.74, 6) is 1.85. The summed E-state index contributed by atoms with van der Waals surface area (Å²) in [4.78, 5) is 18.1. The highest BCUT2D eigenvalue weighted by atomic mass is 15.2. The van der Waals surface area contributed by atoms with Crippen LogP contribution in [0.1, 0.15) is 41.7 Å². The van der Waals surface area contributed by atoms with Crippen molar-refractivity contribution < 1.29 is 0 Å². The second-order valence-electron chi connectivity index (χ2n) is 15.6. The van der Waals surface area contributed by atoms with Crippen molar-refractivity contribution in [3.8, 4) is 39.9 Å². The Labute approximate surface area is 327 Å². The number of hydrogen-bond acceptors (Lipinski definition) is 4. The van der Waals surface area contributed by atoms with Crippen LogP contribution in [-0.4, -0.2) is 19.5 Å². The predicted octanol–water partition coefficient (Wildman–Crippen LogP) is 13.0. The SMILES string of the molecule is Cc1ccc(N(c2ccc(C)cc2)c2ccc3c4ccc5c(c4n(-c4nc(-c6ccccc6)nc(-c6ccccc6)n4)c3c2)C(C)(C)c2cc(C)ccc2-5)cc1. The van der Waals surface area contributed by atoms with E-state index in [9.17, 15) is 0 Å². The normalized spacial score (nSPS) is 12.9. The molecule has 2 aromatic heterocycles. The first-order valence-corrected chi connectivity index (χ1v) is 19.3. The Morgan fingerprint density at radius 2 is 1.00 bits per heavy atom. The van der Waals surface area contributed by atoms with Gasteiger partial charge in [-0.3, -0.25) is 4.57 Å². The Morgan fingerprint density at radius 1 is 0.482 bits per heavy atom. The molecule has 1 aliphatic carbocycles. The quantitative estimate of drug-likeness (QED) is 0.171. The van der Waals surface area contributed by atoms with E-state index in [1.807, 2.05) is 36.4 Å². The van der Waals surface area contributed by atoms with Crippen LogP contribution in [0, 0.1) is 20.8 Å². The average Bonchev–Trinajstić information content (AvgIpc) is 3.67. The molecule has 10 rings (SSSR count). The van der Waals surface area contributed by atoms with E-state index < -0.39 is 0 Å². The lowest BCUT2D eigenvalue weighted by molar-refractivity contribution is 0.662. The maximum atomic E-state index is 5.35. The molecule has 1 aliphatic rings. The number of aryl methyl sites for hydroxylation is 3. The van der Waals surface area contributed by atoms with Gasteiger partial charge in [0.1, 0.15) is 0 Å². The molecule has 9 aromatic rings. The van der Waals surface area contributed by atoms with Crippen molar-refractivity contribution in [2.75, 3.05) is 4.90 Å². The van der Waals surface area contributed by atoms with Gasteiger partial charge in [0.15, 0.2) is 11.6 Å². The third-order valence-electron chi connectivity index (χ3n) is 11.4. The number of anilines is 3. The molecule has 7 aromatic carbocycles. The largest absolute Gasteiger partial charge is 0.310 e. The van der Waals surface area contributed by atoms with Crippen molar-refractivity contribution in [3.63, 3.8) is 0 Å². The maximum absolute atomic E-state index is 5.35. The van der Waals surface area contributed by atoms with Crippen molar-refractivity contribution in [1.82, 2.24) is 19.5 Å². The second-order valence-corrected chi connectivity index (χ2v) is 15.6. The van der Waals surface area contributed by atoms with E-state index in [4.69, 9.17) is 15.0 Å². The summed E-state index contributed by atoms with van der Waals surface area (Å²) in [6.45, 7) is 11.2. The van der Waals surface area contributed by atoms with Crippen LogP contribution in [-0.2, 0) is 5.41 Å². The van der Waals surface area contributed by atoms with E-state index >= 15 is 0 Å². The third-order valence-corrected chi connectivity index (χ3v) is 11.4. The molecular weight excluding hydrogens is 683 g/mol. The Hall–Kier alpha value is -6.85. The van der Waals surface area contributed by atoms with Crippen LogP contribution in [0.2, 0.25) is 0 Å². The molecule has 270 valence electrons. The average molecular weight is 724 g/mol. The van der Waals surface area contributed by atoms with E-state index in [1.54, 1.807) is 0 Å². The first kappa shape index (κ1) is 33.7. The zero-order valence-corrected chi connectivity index (χ0v) is 32.2. The lowest BCUT2D eigenvalue weighted by Gasteiger charge is -2.26. The topological polar surface area (TPSA) is 46.8 Å². The van der Waals surface area contributed by atoms with Crippen LogP contribution in [0.15, 0.2) is 158 Å². The standard InChI is InChI=1S/C51H41N5/c1-32-16-21-37(22-17-32)55(38-23-18-33(2)19-24-38)39-25-27-41-43-29-28-42-40-26-20-34(3)30-44(40)51(4,5)46(42)47(43)56(45(41)31-39)50-53-48(35-12-8-6-9-13-35)52-49(54-50)36-14-10-7-11-15-36/h6-31H,1-5H3. The summed E-state index contributed by atoms with van der Waals surface area (Å²) in [6, 6.07) is 56.3. The maximum Gasteiger partial charge on any atom is 0.238 e. The van der Waals surface area contributed by atoms with Gasteiger partial charge < -0.3 is 4.90 Å². The highest BCUT2D eigenvalue weighted by Gasteiger charge is 2.39. The summed E-state index contributed by atoms with van der Waals surface area (Å²) in [6.07, 6.45) is 0. The molecule has 0 N–H and O–H groups in total. The molecule has 0 atom stereocenters. The van der Waals surface area contributed by atoms with Crippen LogP contribution >= 0.6 is 0 Å². The minimum atomic E-state index is -0.279. The van der Waals surface area contributed by atoms with E-state index in [0.717, 1.165) is 44.6 Å². The zero-order valence-electron chi connectivity index (χ0n) is 32.2. The Kier molecular flexibility index (Phi) is 7.75. The van der Waals surface area contributed by atoms with E-state index in [-0.39, 0.29) is 5.41 Å². The van der Waals surface area contributed by atoms with Crippen molar-refractivity contribution in [2.45, 2.75) is 40.0 Å². The number of rotatable bonds is 6. The van der Waals surface area contributed by atoms with Gasteiger partial charge in [-0.1, -0.05) is 152 Å². The smallest absolute Gasteiger partial charge is 0.238 e. The van der Waals surface area contributed by atoms with Crippen LogP contribution in [0.25, 0.3) is 61.7 Å². The monoisotopic (exact) mass is 723 g/mol. The molecule has 0 radical (unpaired) electrons. The number of aromatic nitrogens is 4. The fourth-order valence-corrected chi connectivity index (χ4v) is 8.57. The fraction of sp³-hybridized carbons (Fsp3) is 0.118. The lowest BCUT2D eigenvalue weighted by Crippen LogP contribution is -2.17.